The van der Waals surface area contributed by atoms with E-state index in [4.69, 9.17) is 16.7 Å². The maximum atomic E-state index is 12.3. The third kappa shape index (κ3) is 5.19. The monoisotopic (exact) mass is 366 g/mol. The van der Waals surface area contributed by atoms with Gasteiger partial charge in [0, 0.05) is 18.2 Å². The van der Waals surface area contributed by atoms with Crippen molar-refractivity contribution >= 4 is 35.1 Å². The number of carboxylic acid groups (broad SMARTS) is 1. The van der Waals surface area contributed by atoms with Crippen LogP contribution in [0.5, 0.6) is 0 Å². The van der Waals surface area contributed by atoms with Crippen LogP contribution in [-0.2, 0) is 9.59 Å². The molecule has 1 saturated carbocycles. The molecule has 2 amide bonds. The molecule has 1 aromatic carbocycles. The molecule has 0 bridgehead atoms. The summed E-state index contributed by atoms with van der Waals surface area (Å²) in [6.45, 7) is 2.54. The standard InChI is InChI=1S/C18H23ClN2O4/c1-2-9-20-17(23)14-8-7-13(10-15(14)19)21-16(22)11-3-5-12(6-4-11)18(24)25/h7-8,10-12H,2-6,9H2,1H3,(H,20,23)(H,21,22)(H,24,25). The zero-order chi connectivity index (χ0) is 18.4. The number of carbonyl (C=O) groups excluding carboxylic acids is 2. The summed E-state index contributed by atoms with van der Waals surface area (Å²) in [7, 11) is 0. The van der Waals surface area contributed by atoms with Gasteiger partial charge in [0.2, 0.25) is 5.91 Å². The van der Waals surface area contributed by atoms with Gasteiger partial charge in [-0.3, -0.25) is 14.4 Å². The smallest absolute Gasteiger partial charge is 0.306 e. The average molecular weight is 367 g/mol. The summed E-state index contributed by atoms with van der Waals surface area (Å²) in [5.41, 5.74) is 0.900. The number of rotatable bonds is 6. The first kappa shape index (κ1) is 19.2. The Balaban J connectivity index is 1.94. The highest BCUT2D eigenvalue weighted by Gasteiger charge is 2.29. The Morgan fingerprint density at radius 1 is 1.16 bits per heavy atom. The van der Waals surface area contributed by atoms with Crippen LogP contribution in [0.4, 0.5) is 5.69 Å². The number of carbonyl (C=O) groups is 3. The van der Waals surface area contributed by atoms with Crippen molar-refractivity contribution < 1.29 is 19.5 Å². The van der Waals surface area contributed by atoms with Gasteiger partial charge in [0.15, 0.2) is 0 Å². The Hall–Kier alpha value is -2.08. The Morgan fingerprint density at radius 2 is 1.80 bits per heavy atom. The molecule has 7 heteroatoms. The van der Waals surface area contributed by atoms with E-state index in [1.165, 1.54) is 0 Å². The predicted octanol–water partition coefficient (Wildman–Crippen LogP) is 3.31. The van der Waals surface area contributed by atoms with E-state index in [1.807, 2.05) is 6.92 Å². The van der Waals surface area contributed by atoms with Gasteiger partial charge in [0.1, 0.15) is 0 Å². The van der Waals surface area contributed by atoms with Gasteiger partial charge in [-0.05, 0) is 50.3 Å². The molecule has 1 aliphatic carbocycles. The number of hydrogen-bond acceptors (Lipinski definition) is 3. The van der Waals surface area contributed by atoms with Crippen molar-refractivity contribution in [1.29, 1.82) is 0 Å². The number of hydrogen-bond donors (Lipinski definition) is 3. The molecule has 0 aromatic heterocycles. The van der Waals surface area contributed by atoms with Crippen LogP contribution < -0.4 is 10.6 Å². The zero-order valence-corrected chi connectivity index (χ0v) is 14.9. The predicted molar refractivity (Wildman–Crippen MR) is 95.8 cm³/mol. The summed E-state index contributed by atoms with van der Waals surface area (Å²) in [4.78, 5) is 35.3. The number of halogens is 1. The van der Waals surface area contributed by atoms with Crippen LogP contribution in [0.1, 0.15) is 49.4 Å². The fourth-order valence-corrected chi connectivity index (χ4v) is 3.22. The fourth-order valence-electron chi connectivity index (χ4n) is 2.96. The van der Waals surface area contributed by atoms with Gasteiger partial charge in [-0.1, -0.05) is 18.5 Å². The molecule has 0 unspecified atom stereocenters. The minimum Gasteiger partial charge on any atom is -0.481 e. The summed E-state index contributed by atoms with van der Waals surface area (Å²) in [5.74, 6) is -1.70. The fraction of sp³-hybridized carbons (Fsp3) is 0.500. The molecule has 2 rings (SSSR count). The first-order chi connectivity index (χ1) is 11.9. The summed E-state index contributed by atoms with van der Waals surface area (Å²) < 4.78 is 0. The first-order valence-corrected chi connectivity index (χ1v) is 8.91. The Bertz CT molecular complexity index is 654. The molecule has 25 heavy (non-hydrogen) atoms. The van der Waals surface area contributed by atoms with Gasteiger partial charge in [-0.2, -0.15) is 0 Å². The molecule has 6 nitrogen and oxygen atoms in total. The van der Waals surface area contributed by atoms with E-state index in [1.54, 1.807) is 18.2 Å². The van der Waals surface area contributed by atoms with Gasteiger partial charge < -0.3 is 15.7 Å². The largest absolute Gasteiger partial charge is 0.481 e. The normalized spacial score (nSPS) is 19.9. The quantitative estimate of drug-likeness (QED) is 0.719. The van der Waals surface area contributed by atoms with Gasteiger partial charge in [0.25, 0.3) is 5.91 Å². The molecule has 0 spiro atoms. The summed E-state index contributed by atoms with van der Waals surface area (Å²) in [6.07, 6.45) is 3.00. The second-order valence-electron chi connectivity index (χ2n) is 6.33. The highest BCUT2D eigenvalue weighted by atomic mass is 35.5. The minimum atomic E-state index is -0.789. The van der Waals surface area contributed by atoms with Gasteiger partial charge >= 0.3 is 5.97 Å². The molecule has 3 N–H and O–H groups in total. The molecule has 0 atom stereocenters. The SMILES string of the molecule is CCCNC(=O)c1ccc(NC(=O)C2CCC(C(=O)O)CC2)cc1Cl. The number of carboxylic acids is 1. The van der Waals surface area contributed by atoms with Crippen molar-refractivity contribution in [3.63, 3.8) is 0 Å². The molecule has 1 fully saturated rings. The Kier molecular flexibility index (Phi) is 6.82. The molecule has 0 aliphatic heterocycles. The Labute approximate surface area is 151 Å². The van der Waals surface area contributed by atoms with E-state index in [0.29, 0.717) is 43.5 Å². The number of benzene rings is 1. The molecule has 0 saturated heterocycles. The van der Waals surface area contributed by atoms with Crippen LogP contribution in [-0.4, -0.2) is 29.4 Å². The van der Waals surface area contributed by atoms with E-state index in [9.17, 15) is 14.4 Å². The number of anilines is 1. The van der Waals surface area contributed by atoms with Crippen LogP contribution in [0.15, 0.2) is 18.2 Å². The van der Waals surface area contributed by atoms with Crippen molar-refractivity contribution in [2.75, 3.05) is 11.9 Å². The van der Waals surface area contributed by atoms with Crippen molar-refractivity contribution in [3.8, 4) is 0 Å². The number of amides is 2. The van der Waals surface area contributed by atoms with Gasteiger partial charge in [0.05, 0.1) is 16.5 Å². The Morgan fingerprint density at radius 3 is 2.36 bits per heavy atom. The third-order valence-electron chi connectivity index (χ3n) is 4.46. The lowest BCUT2D eigenvalue weighted by molar-refractivity contribution is -0.143. The van der Waals surface area contributed by atoms with E-state index < -0.39 is 5.97 Å². The highest BCUT2D eigenvalue weighted by Crippen LogP contribution is 2.30. The second-order valence-corrected chi connectivity index (χ2v) is 6.73. The average Bonchev–Trinajstić information content (AvgIpc) is 2.59. The van der Waals surface area contributed by atoms with Crippen LogP contribution in [0.3, 0.4) is 0 Å². The van der Waals surface area contributed by atoms with Crippen molar-refractivity contribution in [3.05, 3.63) is 28.8 Å². The van der Waals surface area contributed by atoms with Crippen LogP contribution in [0, 0.1) is 11.8 Å². The molecule has 1 aromatic rings. The lowest BCUT2D eigenvalue weighted by Gasteiger charge is -2.25. The van der Waals surface area contributed by atoms with Gasteiger partial charge in [-0.15, -0.1) is 0 Å². The van der Waals surface area contributed by atoms with Crippen LogP contribution in [0.25, 0.3) is 0 Å². The van der Waals surface area contributed by atoms with Crippen molar-refractivity contribution in [2.24, 2.45) is 11.8 Å². The maximum absolute atomic E-state index is 12.3. The zero-order valence-electron chi connectivity index (χ0n) is 14.2. The third-order valence-corrected chi connectivity index (χ3v) is 4.78. The van der Waals surface area contributed by atoms with Gasteiger partial charge in [-0.25, -0.2) is 0 Å². The highest BCUT2D eigenvalue weighted by molar-refractivity contribution is 6.34. The summed E-state index contributed by atoms with van der Waals surface area (Å²) in [6, 6.07) is 4.79. The molecule has 0 radical (unpaired) electrons. The first-order valence-electron chi connectivity index (χ1n) is 8.53. The minimum absolute atomic E-state index is 0.136. The van der Waals surface area contributed by atoms with Crippen molar-refractivity contribution in [2.45, 2.75) is 39.0 Å². The molecule has 0 heterocycles. The lowest BCUT2D eigenvalue weighted by Crippen LogP contribution is -2.29. The van der Waals surface area contributed by atoms with E-state index in [2.05, 4.69) is 10.6 Å². The molecule has 1 aliphatic rings. The van der Waals surface area contributed by atoms with Crippen LogP contribution >= 0.6 is 11.6 Å². The molecular weight excluding hydrogens is 344 g/mol. The lowest BCUT2D eigenvalue weighted by atomic mass is 9.81. The van der Waals surface area contributed by atoms with Crippen LogP contribution in [0.2, 0.25) is 5.02 Å². The van der Waals surface area contributed by atoms with E-state index in [-0.39, 0.29) is 28.7 Å². The molecule has 136 valence electrons. The summed E-state index contributed by atoms with van der Waals surface area (Å²) in [5, 5.41) is 14.8. The number of nitrogens with one attached hydrogen (secondary N) is 2. The van der Waals surface area contributed by atoms with E-state index in [0.717, 1.165) is 6.42 Å². The topological polar surface area (TPSA) is 95.5 Å². The second kappa shape index (κ2) is 8.85. The summed E-state index contributed by atoms with van der Waals surface area (Å²) >= 11 is 6.15. The van der Waals surface area contributed by atoms with Crippen molar-refractivity contribution in [1.82, 2.24) is 5.32 Å². The number of aliphatic carboxylic acids is 1. The van der Waals surface area contributed by atoms with E-state index >= 15 is 0 Å². The maximum Gasteiger partial charge on any atom is 0.306 e. The molecular formula is C18H23ClN2O4.